The van der Waals surface area contributed by atoms with Gasteiger partial charge in [-0.05, 0) is 42.9 Å². The molecule has 0 N–H and O–H groups in total. The molecule has 0 aromatic rings. The summed E-state index contributed by atoms with van der Waals surface area (Å²) in [4.78, 5) is 0. The summed E-state index contributed by atoms with van der Waals surface area (Å²) in [5, 5.41) is 0. The maximum atomic E-state index is 2.48. The molecule has 0 aromatic carbocycles. The third-order valence-electron chi connectivity index (χ3n) is 3.62. The second kappa shape index (κ2) is 2.36. The molecule has 11 heavy (non-hydrogen) atoms. The summed E-state index contributed by atoms with van der Waals surface area (Å²) in [7, 11) is 0. The van der Waals surface area contributed by atoms with Gasteiger partial charge in [0, 0.05) is 0 Å². The molecule has 2 aliphatic carbocycles. The summed E-state index contributed by atoms with van der Waals surface area (Å²) < 4.78 is 0. The predicted octanol–water partition coefficient (Wildman–Crippen LogP) is 3.39. The molecule has 0 nitrogen and oxygen atoms in total. The maximum Gasteiger partial charge on any atom is -0.0177 e. The normalized spacial score (nSPS) is 49.3. The van der Waals surface area contributed by atoms with Gasteiger partial charge in [-0.15, -0.1) is 0 Å². The van der Waals surface area contributed by atoms with Crippen LogP contribution in [0.1, 0.15) is 39.5 Å². The highest BCUT2D eigenvalue weighted by molar-refractivity contribution is 5.06. The molecule has 3 unspecified atom stereocenters. The van der Waals surface area contributed by atoms with Gasteiger partial charge in [0.15, 0.2) is 0 Å². The highest BCUT2D eigenvalue weighted by Crippen LogP contribution is 2.51. The van der Waals surface area contributed by atoms with Crippen molar-refractivity contribution in [1.29, 1.82) is 0 Å². The zero-order chi connectivity index (χ0) is 7.90. The second-order valence-electron chi connectivity index (χ2n) is 4.77. The van der Waals surface area contributed by atoms with Crippen LogP contribution in [0, 0.1) is 17.3 Å². The van der Waals surface area contributed by atoms with Crippen LogP contribution in [0.25, 0.3) is 0 Å². The summed E-state index contributed by atoms with van der Waals surface area (Å²) in [6, 6.07) is 0. The van der Waals surface area contributed by atoms with E-state index in [4.69, 9.17) is 0 Å². The minimum Gasteiger partial charge on any atom is -0.0882 e. The maximum absolute atomic E-state index is 2.48. The van der Waals surface area contributed by atoms with Gasteiger partial charge in [0.25, 0.3) is 0 Å². The minimum absolute atomic E-state index is 0.675. The highest BCUT2D eigenvalue weighted by atomic mass is 14.5. The van der Waals surface area contributed by atoms with Crippen molar-refractivity contribution in [1.82, 2.24) is 0 Å². The van der Waals surface area contributed by atoms with E-state index < -0.39 is 0 Å². The van der Waals surface area contributed by atoms with Crippen LogP contribution in [-0.4, -0.2) is 0 Å². The third kappa shape index (κ3) is 1.13. The lowest BCUT2D eigenvalue weighted by molar-refractivity contribution is 0.236. The van der Waals surface area contributed by atoms with Crippen molar-refractivity contribution in [2.75, 3.05) is 0 Å². The Kier molecular flexibility index (Phi) is 1.59. The van der Waals surface area contributed by atoms with Gasteiger partial charge in [0.05, 0.1) is 0 Å². The fraction of sp³-hybridized carbons (Fsp3) is 0.818. The van der Waals surface area contributed by atoms with E-state index in [9.17, 15) is 0 Å². The number of allylic oxidation sites excluding steroid dienone is 2. The minimum atomic E-state index is 0.675. The quantitative estimate of drug-likeness (QED) is 0.464. The van der Waals surface area contributed by atoms with E-state index in [-0.39, 0.29) is 0 Å². The van der Waals surface area contributed by atoms with E-state index in [0.717, 1.165) is 11.8 Å². The van der Waals surface area contributed by atoms with Crippen molar-refractivity contribution in [3.8, 4) is 0 Å². The number of rotatable bonds is 0. The van der Waals surface area contributed by atoms with Crippen molar-refractivity contribution in [3.05, 3.63) is 12.2 Å². The van der Waals surface area contributed by atoms with Gasteiger partial charge in [-0.1, -0.05) is 26.0 Å². The van der Waals surface area contributed by atoms with Gasteiger partial charge < -0.3 is 0 Å². The summed E-state index contributed by atoms with van der Waals surface area (Å²) in [5.41, 5.74) is 0.675. The van der Waals surface area contributed by atoms with Crippen LogP contribution in [0.2, 0.25) is 0 Å². The van der Waals surface area contributed by atoms with Crippen LogP contribution >= 0.6 is 0 Å². The Hall–Kier alpha value is -0.260. The van der Waals surface area contributed by atoms with E-state index in [0.29, 0.717) is 5.41 Å². The van der Waals surface area contributed by atoms with Crippen LogP contribution in [0.4, 0.5) is 0 Å². The largest absolute Gasteiger partial charge is 0.0882 e. The van der Waals surface area contributed by atoms with E-state index in [2.05, 4.69) is 26.0 Å². The highest BCUT2D eigenvalue weighted by Gasteiger charge is 2.41. The topological polar surface area (TPSA) is 0 Å². The number of hydrogen-bond acceptors (Lipinski definition) is 0. The molecular weight excluding hydrogens is 132 g/mol. The van der Waals surface area contributed by atoms with Crippen LogP contribution in [0.15, 0.2) is 12.2 Å². The van der Waals surface area contributed by atoms with Gasteiger partial charge in [0.2, 0.25) is 0 Å². The molecule has 0 aliphatic heterocycles. The lowest BCUT2D eigenvalue weighted by Gasteiger charge is -2.32. The molecule has 0 heterocycles. The first kappa shape index (κ1) is 7.39. The second-order valence-corrected chi connectivity index (χ2v) is 4.77. The first-order valence-electron chi connectivity index (χ1n) is 4.87. The molecular formula is C11H18. The molecule has 1 saturated carbocycles. The average Bonchev–Trinajstić information content (AvgIpc) is 2.22. The summed E-state index contributed by atoms with van der Waals surface area (Å²) in [5.74, 6) is 1.87. The molecule has 0 aromatic heterocycles. The molecule has 0 bridgehead atoms. The smallest absolute Gasteiger partial charge is 0.0177 e. The molecule has 0 heteroatoms. The summed E-state index contributed by atoms with van der Waals surface area (Å²) in [6.07, 6.45) is 10.5. The van der Waals surface area contributed by atoms with Gasteiger partial charge in [-0.3, -0.25) is 0 Å². The van der Waals surface area contributed by atoms with Crippen LogP contribution in [0.3, 0.4) is 0 Å². The van der Waals surface area contributed by atoms with Crippen LogP contribution in [-0.2, 0) is 0 Å². The Morgan fingerprint density at radius 3 is 3.00 bits per heavy atom. The fourth-order valence-corrected chi connectivity index (χ4v) is 3.02. The number of fused-ring (bicyclic) bond motifs is 1. The third-order valence-corrected chi connectivity index (χ3v) is 3.62. The summed E-state index contributed by atoms with van der Waals surface area (Å²) >= 11 is 0. The van der Waals surface area contributed by atoms with Crippen molar-refractivity contribution < 1.29 is 0 Å². The molecule has 3 atom stereocenters. The van der Waals surface area contributed by atoms with Gasteiger partial charge in [0.1, 0.15) is 0 Å². The van der Waals surface area contributed by atoms with Crippen LogP contribution < -0.4 is 0 Å². The number of hydrogen-bond donors (Lipinski definition) is 0. The SMILES string of the molecule is CC1CC2C=CCCC2(C)C1. The first-order chi connectivity index (χ1) is 5.21. The molecule has 2 rings (SSSR count). The zero-order valence-electron chi connectivity index (χ0n) is 7.64. The van der Waals surface area contributed by atoms with E-state index >= 15 is 0 Å². The van der Waals surface area contributed by atoms with E-state index in [1.165, 1.54) is 25.7 Å². The lowest BCUT2D eigenvalue weighted by Crippen LogP contribution is -2.22. The summed E-state index contributed by atoms with van der Waals surface area (Å²) in [6.45, 7) is 4.88. The lowest BCUT2D eigenvalue weighted by atomic mass is 9.73. The van der Waals surface area contributed by atoms with Crippen LogP contribution in [0.5, 0.6) is 0 Å². The fourth-order valence-electron chi connectivity index (χ4n) is 3.02. The molecule has 0 spiro atoms. The first-order valence-corrected chi connectivity index (χ1v) is 4.87. The molecule has 0 amide bonds. The van der Waals surface area contributed by atoms with Gasteiger partial charge in [-0.2, -0.15) is 0 Å². The zero-order valence-corrected chi connectivity index (χ0v) is 7.64. The Morgan fingerprint density at radius 1 is 1.45 bits per heavy atom. The Labute approximate surface area is 69.7 Å². The molecule has 2 aliphatic rings. The van der Waals surface area contributed by atoms with Crippen molar-refractivity contribution in [2.45, 2.75) is 39.5 Å². The predicted molar refractivity (Wildman–Crippen MR) is 48.4 cm³/mol. The monoisotopic (exact) mass is 150 g/mol. The average molecular weight is 150 g/mol. The van der Waals surface area contributed by atoms with Crippen molar-refractivity contribution in [2.24, 2.45) is 17.3 Å². The Balaban J connectivity index is 2.21. The van der Waals surface area contributed by atoms with Crippen molar-refractivity contribution in [3.63, 3.8) is 0 Å². The molecule has 0 saturated heterocycles. The molecule has 1 fully saturated rings. The molecule has 0 radical (unpaired) electrons. The van der Waals surface area contributed by atoms with E-state index in [1.807, 2.05) is 0 Å². The molecule has 62 valence electrons. The van der Waals surface area contributed by atoms with Crippen molar-refractivity contribution >= 4 is 0 Å². The Bertz CT molecular complexity index is 180. The Morgan fingerprint density at radius 2 is 2.27 bits per heavy atom. The van der Waals surface area contributed by atoms with Gasteiger partial charge in [-0.25, -0.2) is 0 Å². The standard InChI is InChI=1S/C11H18/c1-9-7-10-5-3-4-6-11(10,2)8-9/h3,5,9-10H,4,6-8H2,1-2H3. The van der Waals surface area contributed by atoms with E-state index in [1.54, 1.807) is 0 Å². The van der Waals surface area contributed by atoms with Gasteiger partial charge >= 0.3 is 0 Å².